The molecule has 1 N–H and O–H groups in total. The summed E-state index contributed by atoms with van der Waals surface area (Å²) in [5, 5.41) is 11.8. The predicted molar refractivity (Wildman–Crippen MR) is 111 cm³/mol. The van der Waals surface area contributed by atoms with Crippen molar-refractivity contribution in [2.45, 2.75) is 18.3 Å². The van der Waals surface area contributed by atoms with Gasteiger partial charge in [0.1, 0.15) is 5.82 Å². The summed E-state index contributed by atoms with van der Waals surface area (Å²) < 4.78 is 13.2. The molecule has 1 aromatic carbocycles. The quantitative estimate of drug-likeness (QED) is 0.685. The van der Waals surface area contributed by atoms with E-state index in [0.29, 0.717) is 12.5 Å². The van der Waals surface area contributed by atoms with Gasteiger partial charge in [0.2, 0.25) is 5.91 Å². The fourth-order valence-electron chi connectivity index (χ4n) is 4.00. The van der Waals surface area contributed by atoms with E-state index in [9.17, 15) is 9.18 Å². The Labute approximate surface area is 174 Å². The Morgan fingerprint density at radius 2 is 1.77 bits per heavy atom. The third kappa shape index (κ3) is 3.51. The molecule has 0 unspecified atom stereocenters. The SMILES string of the molecule is O=C(NCC1CN(c2ccc(-c3ccncc3)nn2)C1)C1(c2ccc(F)cc2)CC1. The Bertz CT molecular complexity index is 1030. The minimum atomic E-state index is -0.467. The summed E-state index contributed by atoms with van der Waals surface area (Å²) in [5.74, 6) is 1.01. The largest absolute Gasteiger partial charge is 0.355 e. The molecule has 0 spiro atoms. The zero-order chi connectivity index (χ0) is 20.6. The molecule has 6 nitrogen and oxygen atoms in total. The Kier molecular flexibility index (Phi) is 4.65. The van der Waals surface area contributed by atoms with Gasteiger partial charge in [-0.15, -0.1) is 10.2 Å². The molecule has 30 heavy (non-hydrogen) atoms. The number of anilines is 1. The fourth-order valence-corrected chi connectivity index (χ4v) is 4.00. The summed E-state index contributed by atoms with van der Waals surface area (Å²) in [7, 11) is 0. The topological polar surface area (TPSA) is 71.0 Å². The Hall–Kier alpha value is -3.35. The van der Waals surface area contributed by atoms with Crippen molar-refractivity contribution in [3.63, 3.8) is 0 Å². The molecule has 3 aromatic rings. The van der Waals surface area contributed by atoms with Gasteiger partial charge in [0.05, 0.1) is 11.1 Å². The van der Waals surface area contributed by atoms with Crippen molar-refractivity contribution in [3.05, 3.63) is 72.3 Å². The number of rotatable bonds is 6. The molecular formula is C23H22FN5O. The van der Waals surface area contributed by atoms with Gasteiger partial charge < -0.3 is 10.2 Å². The van der Waals surface area contributed by atoms with Gasteiger partial charge in [0, 0.05) is 43.5 Å². The van der Waals surface area contributed by atoms with E-state index < -0.39 is 5.41 Å². The molecular weight excluding hydrogens is 381 g/mol. The van der Waals surface area contributed by atoms with Crippen molar-refractivity contribution in [1.29, 1.82) is 0 Å². The third-order valence-corrected chi connectivity index (χ3v) is 6.04. The average Bonchev–Trinajstić information content (AvgIpc) is 3.56. The van der Waals surface area contributed by atoms with Crippen molar-refractivity contribution in [2.24, 2.45) is 5.92 Å². The molecule has 1 aliphatic carbocycles. The maximum Gasteiger partial charge on any atom is 0.230 e. The molecule has 2 aromatic heterocycles. The highest BCUT2D eigenvalue weighted by molar-refractivity contribution is 5.91. The van der Waals surface area contributed by atoms with Crippen LogP contribution in [0.2, 0.25) is 0 Å². The highest BCUT2D eigenvalue weighted by Crippen LogP contribution is 2.48. The molecule has 2 fully saturated rings. The first kappa shape index (κ1) is 18.7. The summed E-state index contributed by atoms with van der Waals surface area (Å²) in [6.45, 7) is 2.32. The molecule has 7 heteroatoms. The normalized spacial score (nSPS) is 17.3. The van der Waals surface area contributed by atoms with Gasteiger partial charge in [-0.2, -0.15) is 0 Å². The summed E-state index contributed by atoms with van der Waals surface area (Å²) in [5.41, 5.74) is 2.25. The first-order valence-corrected chi connectivity index (χ1v) is 10.2. The molecule has 1 saturated carbocycles. The number of amides is 1. The molecule has 152 valence electrons. The lowest BCUT2D eigenvalue weighted by molar-refractivity contribution is -0.123. The van der Waals surface area contributed by atoms with Crippen LogP contribution in [0.15, 0.2) is 60.9 Å². The van der Waals surface area contributed by atoms with Gasteiger partial charge in [0.15, 0.2) is 5.82 Å². The minimum absolute atomic E-state index is 0.0500. The number of carbonyl (C=O) groups is 1. The minimum Gasteiger partial charge on any atom is -0.355 e. The van der Waals surface area contributed by atoms with E-state index >= 15 is 0 Å². The fraction of sp³-hybridized carbons (Fsp3) is 0.304. The molecule has 0 bridgehead atoms. The van der Waals surface area contributed by atoms with Crippen molar-refractivity contribution in [3.8, 4) is 11.3 Å². The van der Waals surface area contributed by atoms with Gasteiger partial charge in [-0.05, 0) is 54.8 Å². The van der Waals surface area contributed by atoms with Crippen LogP contribution in [-0.4, -0.2) is 40.7 Å². The van der Waals surface area contributed by atoms with E-state index in [2.05, 4.69) is 25.4 Å². The zero-order valence-corrected chi connectivity index (χ0v) is 16.5. The second-order valence-corrected chi connectivity index (χ2v) is 8.08. The van der Waals surface area contributed by atoms with E-state index in [4.69, 9.17) is 0 Å². The lowest BCUT2D eigenvalue weighted by Crippen LogP contribution is -2.52. The number of nitrogens with zero attached hydrogens (tertiary/aromatic N) is 4. The van der Waals surface area contributed by atoms with Crippen LogP contribution in [0.1, 0.15) is 18.4 Å². The Morgan fingerprint density at radius 1 is 1.03 bits per heavy atom. The molecule has 3 heterocycles. The first-order chi connectivity index (χ1) is 14.6. The van der Waals surface area contributed by atoms with Crippen molar-refractivity contribution >= 4 is 11.7 Å². The lowest BCUT2D eigenvalue weighted by Gasteiger charge is -2.40. The smallest absolute Gasteiger partial charge is 0.230 e. The van der Waals surface area contributed by atoms with Gasteiger partial charge in [-0.25, -0.2) is 4.39 Å². The van der Waals surface area contributed by atoms with E-state index in [0.717, 1.165) is 48.6 Å². The number of nitrogens with one attached hydrogen (secondary N) is 1. The molecule has 1 amide bonds. The number of hydrogen-bond donors (Lipinski definition) is 1. The van der Waals surface area contributed by atoms with E-state index in [1.807, 2.05) is 24.3 Å². The van der Waals surface area contributed by atoms with Crippen LogP contribution in [0, 0.1) is 11.7 Å². The van der Waals surface area contributed by atoms with Crippen LogP contribution in [0.25, 0.3) is 11.3 Å². The summed E-state index contributed by atoms with van der Waals surface area (Å²) in [6.07, 6.45) is 5.11. The maximum absolute atomic E-state index is 13.2. The van der Waals surface area contributed by atoms with Gasteiger partial charge in [-0.3, -0.25) is 9.78 Å². The summed E-state index contributed by atoms with van der Waals surface area (Å²) in [6, 6.07) is 14.1. The maximum atomic E-state index is 13.2. The first-order valence-electron chi connectivity index (χ1n) is 10.2. The highest BCUT2D eigenvalue weighted by Gasteiger charge is 2.51. The van der Waals surface area contributed by atoms with Crippen molar-refractivity contribution < 1.29 is 9.18 Å². The molecule has 5 rings (SSSR count). The van der Waals surface area contributed by atoms with Gasteiger partial charge in [-0.1, -0.05) is 12.1 Å². The van der Waals surface area contributed by atoms with Crippen molar-refractivity contribution in [1.82, 2.24) is 20.5 Å². The van der Waals surface area contributed by atoms with E-state index in [-0.39, 0.29) is 11.7 Å². The van der Waals surface area contributed by atoms with Gasteiger partial charge in [0.25, 0.3) is 0 Å². The predicted octanol–water partition coefficient (Wildman–Crippen LogP) is 2.96. The number of hydrogen-bond acceptors (Lipinski definition) is 5. The third-order valence-electron chi connectivity index (χ3n) is 6.04. The number of aromatic nitrogens is 3. The van der Waals surface area contributed by atoms with Crippen LogP contribution in [0.5, 0.6) is 0 Å². The number of carbonyl (C=O) groups excluding carboxylic acids is 1. The highest BCUT2D eigenvalue weighted by atomic mass is 19.1. The van der Waals surface area contributed by atoms with Crippen LogP contribution in [-0.2, 0) is 10.2 Å². The van der Waals surface area contributed by atoms with Crippen molar-refractivity contribution in [2.75, 3.05) is 24.5 Å². The van der Waals surface area contributed by atoms with E-state index in [1.165, 1.54) is 12.1 Å². The molecule has 1 saturated heterocycles. The van der Waals surface area contributed by atoms with Crippen LogP contribution >= 0.6 is 0 Å². The molecule has 0 atom stereocenters. The summed E-state index contributed by atoms with van der Waals surface area (Å²) in [4.78, 5) is 18.9. The van der Waals surface area contributed by atoms with Crippen LogP contribution in [0.4, 0.5) is 10.2 Å². The van der Waals surface area contributed by atoms with Crippen LogP contribution < -0.4 is 10.2 Å². The molecule has 0 radical (unpaired) electrons. The zero-order valence-electron chi connectivity index (χ0n) is 16.5. The summed E-state index contributed by atoms with van der Waals surface area (Å²) >= 11 is 0. The molecule has 2 aliphatic rings. The standard InChI is InChI=1S/C23H22FN5O/c24-19-3-1-18(2-4-19)23(9-10-23)22(30)26-13-16-14-29(15-16)21-6-5-20(27-28-21)17-7-11-25-12-8-17/h1-8,11-12,16H,9-10,13-15H2,(H,26,30). The monoisotopic (exact) mass is 403 g/mol. The Balaban J connectivity index is 1.13. The number of pyridine rings is 1. The molecule has 1 aliphatic heterocycles. The van der Waals surface area contributed by atoms with Gasteiger partial charge >= 0.3 is 0 Å². The number of benzene rings is 1. The second-order valence-electron chi connectivity index (χ2n) is 8.08. The van der Waals surface area contributed by atoms with E-state index in [1.54, 1.807) is 24.5 Å². The Morgan fingerprint density at radius 3 is 2.40 bits per heavy atom. The van der Waals surface area contributed by atoms with Crippen LogP contribution in [0.3, 0.4) is 0 Å². The average molecular weight is 403 g/mol. The number of halogens is 1. The second kappa shape index (κ2) is 7.48. The lowest BCUT2D eigenvalue weighted by atomic mass is 9.94.